The van der Waals surface area contributed by atoms with Gasteiger partial charge in [0.25, 0.3) is 5.84 Å². The number of phenols is 1. The van der Waals surface area contributed by atoms with Crippen LogP contribution in [0.25, 0.3) is 0 Å². The number of methoxy groups -OCH3 is 1. The number of halogens is 2. The standard InChI is InChI=1S/C18H24BrNO.C17H22BrNO.C4H11N2Si.C2H3NS6/c1-20-10-9-18-8-4-3-5-13(18)14(20)11-12-6-7-15(21-2)17(19)16(12)18;1-19-9-8-17-7-3-2-4-12(17)13(19)10-11-5-6-14(20)16(18)15(11)17;1-7(2,3)4-6-5;1-8(4,5)9(6,7)2-3/h6-7,13-14H,3-5,8-11H2,1-2H3;5-6,12-13,20H,2-4,7-10H2,1H3;4-5H,1-3H3;1H3/q;;+1;/t13?,14-,18-;12?,13-,17-;;/m00../s1. The molecular weight excluding hydrogens is 975 g/mol. The monoisotopic (exact) mass is 1030 g/mol. The highest BCUT2D eigenvalue weighted by Crippen LogP contribution is 2.59. The Morgan fingerprint density at radius 2 is 1.33 bits per heavy atom. The molecule has 2 aromatic carbocycles. The van der Waals surface area contributed by atoms with Crippen LogP contribution in [0.1, 0.15) is 86.5 Å². The molecule has 2 aliphatic heterocycles. The quantitative estimate of drug-likeness (QED) is 0.0779. The van der Waals surface area contributed by atoms with Gasteiger partial charge in [0.2, 0.25) is 0 Å². The molecule has 6 aliphatic rings. The maximum atomic E-state index is 10.2. The summed E-state index contributed by atoms with van der Waals surface area (Å²) in [6, 6.07) is 9.92. The van der Waals surface area contributed by atoms with E-state index < -0.39 is 20.4 Å². The number of aromatic hydroxyl groups is 1. The van der Waals surface area contributed by atoms with Gasteiger partial charge in [0.15, 0.2) is 13.5 Å². The van der Waals surface area contributed by atoms with Crippen LogP contribution in [0.4, 0.5) is 0 Å². The van der Waals surface area contributed by atoms with E-state index in [-0.39, 0.29) is 0 Å². The maximum absolute atomic E-state index is 10.2. The molecule has 4 aliphatic carbocycles. The minimum Gasteiger partial charge on any atom is -0.507 e. The molecular formula is C41H60Br2N5O2S6Si+. The number of phenolic OH excluding ortho intramolecular Hbond substituents is 1. The summed E-state index contributed by atoms with van der Waals surface area (Å²) >= 11 is 26.7. The minimum absolute atomic E-state index is 0.320. The summed E-state index contributed by atoms with van der Waals surface area (Å²) in [6.45, 7) is 8.87. The highest BCUT2D eigenvalue weighted by atomic mass is 79.9. The molecule has 7 nitrogen and oxygen atoms in total. The summed E-state index contributed by atoms with van der Waals surface area (Å²) in [5.41, 5.74) is 13.2. The van der Waals surface area contributed by atoms with Crippen LogP contribution < -0.4 is 4.74 Å². The van der Waals surface area contributed by atoms with E-state index in [1.165, 1.54) is 99.3 Å². The van der Waals surface area contributed by atoms with Crippen LogP contribution in [0.5, 0.6) is 11.5 Å². The Hall–Kier alpha value is -0.413. The second kappa shape index (κ2) is 18.9. The summed E-state index contributed by atoms with van der Waals surface area (Å²) in [5, 5.41) is 20.4. The second-order valence-corrected chi connectivity index (χ2v) is 41.3. The van der Waals surface area contributed by atoms with Gasteiger partial charge >= 0.3 is 0 Å². The third-order valence-corrected chi connectivity index (χ3v) is 31.8. The van der Waals surface area contributed by atoms with Crippen LogP contribution >= 0.6 is 31.9 Å². The van der Waals surface area contributed by atoms with Crippen molar-refractivity contribution in [3.63, 3.8) is 0 Å². The first kappa shape index (κ1) is 47.6. The Balaban J connectivity index is 0.000000160. The van der Waals surface area contributed by atoms with Crippen LogP contribution in [0.3, 0.4) is 0 Å². The largest absolute Gasteiger partial charge is 0.507 e. The number of nitriles is 1. The van der Waals surface area contributed by atoms with Gasteiger partial charge in [-0.2, -0.15) is 5.26 Å². The molecule has 16 heteroatoms. The van der Waals surface area contributed by atoms with Crippen LogP contribution in [0, 0.1) is 28.0 Å². The topological polar surface area (TPSA) is 97.7 Å². The van der Waals surface area contributed by atoms with Crippen LogP contribution in [-0.4, -0.2) is 86.2 Å². The molecule has 0 spiro atoms. The van der Waals surface area contributed by atoms with Crippen molar-refractivity contribution in [3.05, 3.63) is 55.5 Å². The minimum atomic E-state index is -2.15. The first-order valence-electron chi connectivity index (χ1n) is 20.0. The van der Waals surface area contributed by atoms with Crippen molar-refractivity contribution in [2.75, 3.05) is 40.6 Å². The normalized spacial score (nSPS) is 28.8. The number of hydrogen-bond donors (Lipinski definition) is 2. The molecule has 314 valence electrons. The van der Waals surface area contributed by atoms with Gasteiger partial charge in [0.1, 0.15) is 11.5 Å². The fraction of sp³-hybridized carbons (Fsp3) is 0.659. The van der Waals surface area contributed by atoms with Crippen molar-refractivity contribution < 1.29 is 14.6 Å². The lowest BCUT2D eigenvalue weighted by Gasteiger charge is -2.58. The van der Waals surface area contributed by atoms with Crippen molar-refractivity contribution in [2.24, 2.45) is 11.8 Å². The number of hydrogen-bond acceptors (Lipinski definition) is 10. The van der Waals surface area contributed by atoms with Crippen molar-refractivity contribution in [2.45, 2.75) is 120 Å². The molecule has 0 radical (unpaired) electrons. The third kappa shape index (κ3) is 9.81. The Kier molecular flexibility index (Phi) is 15.8. The average Bonchev–Trinajstić information content (AvgIpc) is 3.15. The van der Waals surface area contributed by atoms with Crippen LogP contribution in [-0.2, 0) is 80.8 Å². The number of rotatable bonds is 3. The molecule has 0 amide bonds. The predicted octanol–water partition coefficient (Wildman–Crippen LogP) is 9.33. The zero-order valence-corrected chi connectivity index (χ0v) is 43.5. The predicted molar refractivity (Wildman–Crippen MR) is 261 cm³/mol. The molecule has 2 heterocycles. The third-order valence-electron chi connectivity index (χ3n) is 13.5. The van der Waals surface area contributed by atoms with Gasteiger partial charge in [-0.15, -0.1) is 0 Å². The Morgan fingerprint density at radius 3 is 1.72 bits per heavy atom. The van der Waals surface area contributed by atoms with Gasteiger partial charge in [-0.1, -0.05) is 57.5 Å². The summed E-state index contributed by atoms with van der Waals surface area (Å²) in [6.07, 6.45) is 13.5. The summed E-state index contributed by atoms with van der Waals surface area (Å²) in [5.74, 6) is 4.78. The highest BCUT2D eigenvalue weighted by molar-refractivity contribution is 9.12. The fourth-order valence-corrected chi connectivity index (χ4v) is 14.1. The smallest absolute Gasteiger partial charge is 0.274 e. The molecule has 4 fully saturated rings. The van der Waals surface area contributed by atoms with E-state index in [1.807, 2.05) is 11.5 Å². The Bertz CT molecular complexity index is 2140. The number of piperidine rings is 2. The van der Waals surface area contributed by atoms with Gasteiger partial charge in [0, 0.05) is 34.0 Å². The van der Waals surface area contributed by atoms with E-state index in [1.54, 1.807) is 30.3 Å². The van der Waals surface area contributed by atoms with Crippen molar-refractivity contribution in [1.82, 2.24) is 9.80 Å². The van der Waals surface area contributed by atoms with E-state index >= 15 is 0 Å². The number of thiocyanates is 1. The van der Waals surface area contributed by atoms with E-state index in [9.17, 15) is 5.11 Å². The Labute approximate surface area is 379 Å². The number of benzene rings is 2. The molecule has 2 N–H and O–H groups in total. The summed E-state index contributed by atoms with van der Waals surface area (Å²) in [4.78, 5) is 8.40. The summed E-state index contributed by atoms with van der Waals surface area (Å²) in [7, 11) is 5.27. The van der Waals surface area contributed by atoms with Gasteiger partial charge < -0.3 is 19.6 Å². The molecule has 8 rings (SSSR count). The van der Waals surface area contributed by atoms with Gasteiger partial charge in [-0.3, -0.25) is 0 Å². The molecule has 57 heavy (non-hydrogen) atoms. The molecule has 2 unspecified atom stereocenters. The van der Waals surface area contributed by atoms with Crippen molar-refractivity contribution >= 4 is 103 Å². The van der Waals surface area contributed by atoms with E-state index in [0.717, 1.165) is 34.5 Å². The molecule has 6 atom stereocenters. The highest BCUT2D eigenvalue weighted by Gasteiger charge is 2.55. The van der Waals surface area contributed by atoms with Crippen LogP contribution in [0.15, 0.2) is 33.2 Å². The number of ether oxygens (including phenoxy) is 1. The number of fused-ring (bicyclic) bond motifs is 2. The van der Waals surface area contributed by atoms with E-state index in [0.29, 0.717) is 22.6 Å². The van der Waals surface area contributed by atoms with Gasteiger partial charge in [-0.05, 0) is 208 Å². The second-order valence-electron chi connectivity index (χ2n) is 17.9. The maximum Gasteiger partial charge on any atom is 0.274 e. The lowest BCUT2D eigenvalue weighted by atomic mass is 9.52. The lowest BCUT2D eigenvalue weighted by molar-refractivity contribution is -0.109. The van der Waals surface area contributed by atoms with Crippen molar-refractivity contribution in [1.29, 1.82) is 10.8 Å². The average molecular weight is 1040 g/mol. The zero-order valence-electron chi connectivity index (χ0n) is 34.4. The van der Waals surface area contributed by atoms with E-state index in [2.05, 4.69) is 98.4 Å². The lowest BCUT2D eigenvalue weighted by Crippen LogP contribution is -2.59. The SMILES string of the molecule is CN1CC[C@@]23CCCCC2[C@@H]1Cc1ccc(O)c(Br)c13.COc1ccc2c(c1Br)[C@]13CCCCC1[C@H](C2)N(C)CC3.CS(=S)(=S)S(=S)(=S)C#N.C[Si](C)(C)C=[N+]=N. The Morgan fingerprint density at radius 1 is 0.860 bits per heavy atom. The van der Waals surface area contributed by atoms with E-state index in [4.69, 9.17) is 60.3 Å². The van der Waals surface area contributed by atoms with Crippen LogP contribution in [0.2, 0.25) is 19.6 Å². The number of nitrogens with one attached hydrogen (secondary N) is 1. The molecule has 2 saturated carbocycles. The molecule has 2 saturated heterocycles. The zero-order chi connectivity index (χ0) is 42.1. The first-order chi connectivity index (χ1) is 26.7. The molecule has 4 bridgehead atoms. The van der Waals surface area contributed by atoms with Gasteiger partial charge in [-0.25, -0.2) is 0 Å². The molecule has 2 aromatic rings. The number of likely N-dealkylation sites (tertiary alicyclic amines) is 2. The van der Waals surface area contributed by atoms with Gasteiger partial charge in [0.05, 0.1) is 27.8 Å². The molecule has 0 aromatic heterocycles. The van der Waals surface area contributed by atoms with Crippen molar-refractivity contribution in [3.8, 4) is 16.9 Å². The summed E-state index contributed by atoms with van der Waals surface area (Å²) < 4.78 is 7.80. The fourth-order valence-electron chi connectivity index (χ4n) is 10.9. The number of nitrogens with zero attached hydrogens (tertiary/aromatic N) is 4. The first-order valence-corrected chi connectivity index (χ1v) is 33.1. The number of likely N-dealkylation sites (N-methyl/N-ethyl adjacent to an activating group) is 2.